The van der Waals surface area contributed by atoms with Crippen LogP contribution < -0.4 is 0 Å². The highest BCUT2D eigenvalue weighted by Gasteiger charge is 2.14. The maximum Gasteiger partial charge on any atom is 0.339 e. The van der Waals surface area contributed by atoms with Gasteiger partial charge < -0.3 is 9.30 Å². The van der Waals surface area contributed by atoms with Crippen LogP contribution in [0.1, 0.15) is 23.7 Å². The normalized spacial score (nSPS) is 10.8. The minimum atomic E-state index is -0.443. The summed E-state index contributed by atoms with van der Waals surface area (Å²) in [5.41, 5.74) is 2.04. The lowest BCUT2D eigenvalue weighted by Crippen LogP contribution is -2.02. The molecule has 2 aromatic rings. The van der Waals surface area contributed by atoms with Crippen molar-refractivity contribution in [2.75, 3.05) is 7.11 Å². The van der Waals surface area contributed by atoms with E-state index in [1.807, 2.05) is 4.57 Å². The second-order valence-electron chi connectivity index (χ2n) is 3.75. The number of rotatable bonds is 3. The summed E-state index contributed by atoms with van der Waals surface area (Å²) in [6.45, 7) is 2.97. The van der Waals surface area contributed by atoms with Gasteiger partial charge in [0.25, 0.3) is 0 Å². The summed E-state index contributed by atoms with van der Waals surface area (Å²) >= 11 is 6.06. The van der Waals surface area contributed by atoms with Gasteiger partial charge in [-0.2, -0.15) is 0 Å². The van der Waals surface area contributed by atoms with Crippen LogP contribution in [-0.4, -0.2) is 22.6 Å². The first-order valence-corrected chi connectivity index (χ1v) is 5.78. The van der Waals surface area contributed by atoms with Crippen LogP contribution in [0.4, 0.5) is 0 Å². The smallest absolute Gasteiger partial charge is 0.339 e. The number of aryl methyl sites for hydroxylation is 1. The zero-order valence-corrected chi connectivity index (χ0v) is 10.5. The summed E-state index contributed by atoms with van der Waals surface area (Å²) in [5, 5.41) is 0.391. The molecule has 0 saturated heterocycles. The van der Waals surface area contributed by atoms with Gasteiger partial charge in [0, 0.05) is 6.54 Å². The van der Waals surface area contributed by atoms with Crippen molar-refractivity contribution in [3.63, 3.8) is 0 Å². The lowest BCUT2D eigenvalue weighted by atomic mass is 10.2. The Balaban J connectivity index is 2.56. The van der Waals surface area contributed by atoms with Crippen LogP contribution in [0.2, 0.25) is 5.02 Å². The summed E-state index contributed by atoms with van der Waals surface area (Å²) < 4.78 is 6.68. The number of carbonyl (C=O) groups is 1. The number of halogens is 1. The van der Waals surface area contributed by atoms with Crippen molar-refractivity contribution in [3.05, 3.63) is 29.0 Å². The predicted molar refractivity (Wildman–Crippen MR) is 66.4 cm³/mol. The Morgan fingerprint density at radius 3 is 2.94 bits per heavy atom. The largest absolute Gasteiger partial charge is 0.465 e. The number of ether oxygens (including phenoxy) is 1. The van der Waals surface area contributed by atoms with E-state index in [1.54, 1.807) is 18.5 Å². The molecule has 0 fully saturated rings. The molecule has 2 rings (SSSR count). The molecule has 0 amide bonds. The fraction of sp³-hybridized carbons (Fsp3) is 0.333. The molecule has 0 aliphatic carbocycles. The molecule has 4 nitrogen and oxygen atoms in total. The van der Waals surface area contributed by atoms with E-state index in [0.29, 0.717) is 10.6 Å². The number of imidazole rings is 1. The van der Waals surface area contributed by atoms with E-state index in [2.05, 4.69) is 16.6 Å². The Bertz CT molecular complexity index is 563. The number of methoxy groups -OCH3 is 1. The molecule has 0 aliphatic heterocycles. The number of hydrogen-bond donors (Lipinski definition) is 0. The van der Waals surface area contributed by atoms with Crippen molar-refractivity contribution in [2.24, 2.45) is 0 Å². The van der Waals surface area contributed by atoms with E-state index in [-0.39, 0.29) is 0 Å². The first kappa shape index (κ1) is 11.9. The fourth-order valence-corrected chi connectivity index (χ4v) is 2.00. The molecule has 0 bridgehead atoms. The van der Waals surface area contributed by atoms with Crippen molar-refractivity contribution in [1.82, 2.24) is 9.55 Å². The van der Waals surface area contributed by atoms with Crippen molar-refractivity contribution in [1.29, 1.82) is 0 Å². The Kier molecular flexibility index (Phi) is 3.33. The van der Waals surface area contributed by atoms with E-state index in [1.165, 1.54) is 7.11 Å². The SMILES string of the molecule is CCCn1cnc2cc(C(=O)OC)c(Cl)cc21. The number of carbonyl (C=O) groups excluding carboxylic acids is 1. The van der Waals surface area contributed by atoms with Crippen LogP contribution in [0.3, 0.4) is 0 Å². The molecular formula is C12H13ClN2O2. The van der Waals surface area contributed by atoms with Gasteiger partial charge in [-0.15, -0.1) is 0 Å². The Morgan fingerprint density at radius 1 is 1.53 bits per heavy atom. The highest BCUT2D eigenvalue weighted by molar-refractivity contribution is 6.34. The van der Waals surface area contributed by atoms with Gasteiger partial charge in [-0.25, -0.2) is 9.78 Å². The van der Waals surface area contributed by atoms with Crippen LogP contribution >= 0.6 is 11.6 Å². The summed E-state index contributed by atoms with van der Waals surface area (Å²) in [4.78, 5) is 15.7. The van der Waals surface area contributed by atoms with E-state index in [4.69, 9.17) is 11.6 Å². The maximum atomic E-state index is 11.5. The Labute approximate surface area is 104 Å². The number of hydrogen-bond acceptors (Lipinski definition) is 3. The van der Waals surface area contributed by atoms with Crippen LogP contribution in [-0.2, 0) is 11.3 Å². The van der Waals surface area contributed by atoms with Gasteiger partial charge in [0.2, 0.25) is 0 Å². The zero-order chi connectivity index (χ0) is 12.4. The molecule has 1 aromatic carbocycles. The van der Waals surface area contributed by atoms with Gasteiger partial charge in [0.15, 0.2) is 0 Å². The molecule has 90 valence electrons. The highest BCUT2D eigenvalue weighted by Crippen LogP contribution is 2.24. The third-order valence-electron chi connectivity index (χ3n) is 2.58. The van der Waals surface area contributed by atoms with Gasteiger partial charge in [-0.3, -0.25) is 0 Å². The van der Waals surface area contributed by atoms with E-state index in [9.17, 15) is 4.79 Å². The lowest BCUT2D eigenvalue weighted by Gasteiger charge is -2.04. The monoisotopic (exact) mass is 252 g/mol. The number of benzene rings is 1. The topological polar surface area (TPSA) is 44.1 Å². The number of fused-ring (bicyclic) bond motifs is 1. The standard InChI is InChI=1S/C12H13ClN2O2/c1-3-4-15-7-14-10-5-8(12(16)17-2)9(13)6-11(10)15/h5-7H,3-4H2,1-2H3. The summed E-state index contributed by atoms with van der Waals surface area (Å²) in [6.07, 6.45) is 2.77. The maximum absolute atomic E-state index is 11.5. The Hall–Kier alpha value is -1.55. The predicted octanol–water partition coefficient (Wildman–Crippen LogP) is 2.89. The molecule has 0 atom stereocenters. The van der Waals surface area contributed by atoms with Gasteiger partial charge in [-0.05, 0) is 18.6 Å². The van der Waals surface area contributed by atoms with E-state index in [0.717, 1.165) is 24.0 Å². The summed E-state index contributed by atoms with van der Waals surface area (Å²) in [5.74, 6) is -0.443. The van der Waals surface area contributed by atoms with Gasteiger partial charge in [0.1, 0.15) is 0 Å². The molecule has 0 aliphatic rings. The van der Waals surface area contributed by atoms with E-state index < -0.39 is 5.97 Å². The zero-order valence-electron chi connectivity index (χ0n) is 9.74. The second kappa shape index (κ2) is 4.75. The van der Waals surface area contributed by atoms with Gasteiger partial charge >= 0.3 is 5.97 Å². The number of esters is 1. The van der Waals surface area contributed by atoms with Crippen molar-refractivity contribution < 1.29 is 9.53 Å². The fourth-order valence-electron chi connectivity index (χ4n) is 1.76. The average Bonchev–Trinajstić information content (AvgIpc) is 2.70. The lowest BCUT2D eigenvalue weighted by molar-refractivity contribution is 0.0601. The van der Waals surface area contributed by atoms with Crippen LogP contribution in [0, 0.1) is 0 Å². The molecule has 17 heavy (non-hydrogen) atoms. The molecule has 5 heteroatoms. The average molecular weight is 253 g/mol. The highest BCUT2D eigenvalue weighted by atomic mass is 35.5. The molecule has 0 unspecified atom stereocenters. The summed E-state index contributed by atoms with van der Waals surface area (Å²) in [7, 11) is 1.33. The molecule has 0 radical (unpaired) electrons. The van der Waals surface area contributed by atoms with Gasteiger partial charge in [-0.1, -0.05) is 18.5 Å². The number of aromatic nitrogens is 2. The van der Waals surface area contributed by atoms with Crippen LogP contribution in [0.5, 0.6) is 0 Å². The molecule has 1 heterocycles. The Morgan fingerprint density at radius 2 is 2.29 bits per heavy atom. The first-order chi connectivity index (χ1) is 8.17. The van der Waals surface area contributed by atoms with Crippen molar-refractivity contribution in [3.8, 4) is 0 Å². The van der Waals surface area contributed by atoms with Crippen molar-refractivity contribution in [2.45, 2.75) is 19.9 Å². The van der Waals surface area contributed by atoms with Crippen LogP contribution in [0.25, 0.3) is 11.0 Å². The second-order valence-corrected chi connectivity index (χ2v) is 4.16. The molecule has 0 saturated carbocycles. The molecule has 1 aromatic heterocycles. The quantitative estimate of drug-likeness (QED) is 0.789. The first-order valence-electron chi connectivity index (χ1n) is 5.40. The third kappa shape index (κ3) is 2.13. The number of nitrogens with zero attached hydrogens (tertiary/aromatic N) is 2. The van der Waals surface area contributed by atoms with Crippen LogP contribution in [0.15, 0.2) is 18.5 Å². The minimum Gasteiger partial charge on any atom is -0.465 e. The molecule has 0 spiro atoms. The van der Waals surface area contributed by atoms with Gasteiger partial charge in [0.05, 0.1) is 35.1 Å². The molecule has 0 N–H and O–H groups in total. The van der Waals surface area contributed by atoms with E-state index >= 15 is 0 Å². The summed E-state index contributed by atoms with van der Waals surface area (Å²) in [6, 6.07) is 3.42. The third-order valence-corrected chi connectivity index (χ3v) is 2.89. The minimum absolute atomic E-state index is 0.350. The van der Waals surface area contributed by atoms with Crippen molar-refractivity contribution >= 4 is 28.6 Å². The molecular weight excluding hydrogens is 240 g/mol.